The second-order valence-electron chi connectivity index (χ2n) is 6.39. The smallest absolute Gasteiger partial charge is 0.421 e. The van der Waals surface area contributed by atoms with Crippen LogP contribution in [0.25, 0.3) is 5.53 Å². The van der Waals surface area contributed by atoms with Crippen LogP contribution in [0.2, 0.25) is 0 Å². The van der Waals surface area contributed by atoms with Gasteiger partial charge in [0.05, 0.1) is 0 Å². The summed E-state index contributed by atoms with van der Waals surface area (Å²) < 4.78 is 59.3. The maximum Gasteiger partial charge on any atom is 0.470 e. The van der Waals surface area contributed by atoms with Crippen LogP contribution in [-0.4, -0.2) is 31.8 Å². The molecule has 0 fully saturated rings. The van der Waals surface area contributed by atoms with Crippen molar-refractivity contribution in [3.05, 3.63) is 5.53 Å². The van der Waals surface area contributed by atoms with E-state index < -0.39 is 21.1 Å². The highest BCUT2D eigenvalue weighted by Crippen LogP contribution is 2.20. The molecule has 1 unspecified atom stereocenters. The van der Waals surface area contributed by atoms with Gasteiger partial charge in [-0.1, -0.05) is 25.9 Å². The van der Waals surface area contributed by atoms with Crippen LogP contribution in [0.4, 0.5) is 13.2 Å². The summed E-state index contributed by atoms with van der Waals surface area (Å²) in [6.07, 6.45) is -5.01. The van der Waals surface area contributed by atoms with Crippen molar-refractivity contribution in [3.8, 4) is 0 Å². The predicted octanol–water partition coefficient (Wildman–Crippen LogP) is 0.256. The summed E-state index contributed by atoms with van der Waals surface area (Å²) in [4.78, 5) is 0. The van der Waals surface area contributed by atoms with Gasteiger partial charge in [0.15, 0.2) is 0 Å². The molecule has 0 bridgehead atoms. The fraction of sp³-hybridized carbons (Fsp3) is 0.900. The van der Waals surface area contributed by atoms with Gasteiger partial charge in [-0.2, -0.15) is 13.2 Å². The van der Waals surface area contributed by atoms with Gasteiger partial charge in [-0.3, -0.25) is 5.12 Å². The summed E-state index contributed by atoms with van der Waals surface area (Å²) in [6, 6.07) is 0. The molecule has 0 radical (unpaired) electrons. The van der Waals surface area contributed by atoms with Crippen molar-refractivity contribution in [2.24, 2.45) is 10.5 Å². The number of hydrogen-bond donors (Lipinski definition) is 3. The Kier molecular flexibility index (Phi) is 4.64. The molecular weight excluding hydrogens is 311 g/mol. The SMILES string of the molecule is CC(C)(C)C1=N[NH+](CC(C)(C)S(=O)(=O)NC(F)(F)F)[N-]N1. The summed E-state index contributed by atoms with van der Waals surface area (Å²) in [5, 5.41) is 4.29. The monoisotopic (exact) mass is 331 g/mol. The lowest BCUT2D eigenvalue weighted by atomic mass is 9.95. The fourth-order valence-electron chi connectivity index (χ4n) is 1.48. The topological polar surface area (TPSA) is 89.1 Å². The lowest BCUT2D eigenvalue weighted by molar-refractivity contribution is -0.868. The number of nitrogens with zero attached hydrogens (tertiary/aromatic N) is 2. The van der Waals surface area contributed by atoms with Crippen molar-refractivity contribution in [3.63, 3.8) is 0 Å². The summed E-state index contributed by atoms with van der Waals surface area (Å²) in [5.41, 5.74) is 6.22. The van der Waals surface area contributed by atoms with Gasteiger partial charge >= 0.3 is 6.30 Å². The molecule has 124 valence electrons. The van der Waals surface area contributed by atoms with Gasteiger partial charge in [-0.15, -0.1) is 4.72 Å². The molecule has 0 spiro atoms. The first-order valence-corrected chi connectivity index (χ1v) is 7.64. The van der Waals surface area contributed by atoms with Crippen LogP contribution in [-0.2, 0) is 10.0 Å². The molecule has 0 aromatic rings. The fourth-order valence-corrected chi connectivity index (χ4v) is 2.38. The summed E-state index contributed by atoms with van der Waals surface area (Å²) >= 11 is 0. The second kappa shape index (κ2) is 5.38. The van der Waals surface area contributed by atoms with E-state index in [1.807, 2.05) is 20.8 Å². The average Bonchev–Trinajstić information content (AvgIpc) is 2.60. The molecule has 0 saturated heterocycles. The third-order valence-electron chi connectivity index (χ3n) is 2.80. The van der Waals surface area contributed by atoms with Crippen LogP contribution in [0, 0.1) is 5.41 Å². The van der Waals surface area contributed by atoms with E-state index >= 15 is 0 Å². The molecule has 21 heavy (non-hydrogen) atoms. The molecule has 0 amide bonds. The van der Waals surface area contributed by atoms with Gasteiger partial charge in [0, 0.05) is 5.41 Å². The zero-order valence-electron chi connectivity index (χ0n) is 12.5. The highest BCUT2D eigenvalue weighted by molar-refractivity contribution is 7.90. The Balaban J connectivity index is 2.85. The maximum absolute atomic E-state index is 12.3. The molecule has 1 heterocycles. The number of quaternary nitrogens is 1. The molecule has 11 heteroatoms. The average molecular weight is 331 g/mol. The first kappa shape index (κ1) is 18.1. The number of amidine groups is 1. The molecule has 3 N–H and O–H groups in total. The van der Waals surface area contributed by atoms with Crippen molar-refractivity contribution in [2.75, 3.05) is 6.54 Å². The standard InChI is InChI=1S/C10H20F3N5O2S/c1-8(2,3)7-14-17-18(15-7)6-9(4,5)21(19,20)16-10(11,12)13/h16,18H,6H2,1-5H3,(H,14,15). The minimum absolute atomic E-state index is 0.150. The lowest BCUT2D eigenvalue weighted by Gasteiger charge is -2.29. The van der Waals surface area contributed by atoms with Crippen molar-refractivity contribution in [1.29, 1.82) is 0 Å². The van der Waals surface area contributed by atoms with Crippen LogP contribution < -0.4 is 15.3 Å². The van der Waals surface area contributed by atoms with E-state index in [1.165, 1.54) is 13.8 Å². The Hall–Kier alpha value is -0.910. The molecule has 0 aliphatic carbocycles. The minimum atomic E-state index is -5.01. The third kappa shape index (κ3) is 4.80. The number of halogens is 3. The van der Waals surface area contributed by atoms with E-state index in [2.05, 4.69) is 16.1 Å². The van der Waals surface area contributed by atoms with E-state index in [0.29, 0.717) is 10.6 Å². The van der Waals surface area contributed by atoms with Gasteiger partial charge in [0.25, 0.3) is 0 Å². The predicted molar refractivity (Wildman–Crippen MR) is 71.4 cm³/mol. The van der Waals surface area contributed by atoms with Crippen LogP contribution in [0.5, 0.6) is 0 Å². The van der Waals surface area contributed by atoms with Gasteiger partial charge < -0.3 is 11.0 Å². The first-order chi connectivity index (χ1) is 9.14. The molecule has 7 nitrogen and oxygen atoms in total. The largest absolute Gasteiger partial charge is 0.470 e. The number of sulfonamides is 1. The van der Waals surface area contributed by atoms with Crippen molar-refractivity contribution >= 4 is 15.9 Å². The van der Waals surface area contributed by atoms with Crippen LogP contribution in [0.3, 0.4) is 0 Å². The zero-order valence-corrected chi connectivity index (χ0v) is 13.3. The van der Waals surface area contributed by atoms with Crippen molar-refractivity contribution in [2.45, 2.75) is 45.7 Å². The molecule has 1 rings (SSSR count). The van der Waals surface area contributed by atoms with E-state index in [-0.39, 0.29) is 17.1 Å². The van der Waals surface area contributed by atoms with Gasteiger partial charge in [-0.25, -0.2) is 8.42 Å². The summed E-state index contributed by atoms with van der Waals surface area (Å²) in [5.74, 6) is 0.537. The molecular formula is C10H20F3N5O2S. The van der Waals surface area contributed by atoms with Crippen molar-refractivity contribution in [1.82, 2.24) is 10.1 Å². The highest BCUT2D eigenvalue weighted by Gasteiger charge is 2.45. The lowest BCUT2D eigenvalue weighted by Crippen LogP contribution is -3.05. The number of alkyl halides is 3. The molecule has 1 atom stereocenters. The van der Waals surface area contributed by atoms with E-state index in [9.17, 15) is 21.6 Å². The Morgan fingerprint density at radius 1 is 1.24 bits per heavy atom. The van der Waals surface area contributed by atoms with Gasteiger partial charge in [0.1, 0.15) is 17.1 Å². The normalized spacial score (nSPS) is 21.1. The van der Waals surface area contributed by atoms with Gasteiger partial charge in [0.2, 0.25) is 10.0 Å². The Morgan fingerprint density at radius 2 is 1.76 bits per heavy atom. The van der Waals surface area contributed by atoms with E-state index in [1.54, 1.807) is 0 Å². The quantitative estimate of drug-likeness (QED) is 0.646. The third-order valence-corrected chi connectivity index (χ3v) is 4.90. The molecule has 0 saturated carbocycles. The Labute approximate surface area is 121 Å². The molecule has 1 aliphatic rings. The number of nitrogens with one attached hydrogen (secondary N) is 3. The first-order valence-electron chi connectivity index (χ1n) is 6.16. The molecule has 1 aliphatic heterocycles. The summed E-state index contributed by atoms with van der Waals surface area (Å²) in [7, 11) is -4.61. The summed E-state index contributed by atoms with van der Waals surface area (Å²) in [6.45, 7) is 7.77. The maximum atomic E-state index is 12.3. The number of hydrogen-bond acceptors (Lipinski definition) is 4. The van der Waals surface area contributed by atoms with E-state index in [4.69, 9.17) is 0 Å². The molecule has 0 aromatic heterocycles. The van der Waals surface area contributed by atoms with E-state index in [0.717, 1.165) is 0 Å². The van der Waals surface area contributed by atoms with Crippen LogP contribution in [0.1, 0.15) is 34.6 Å². The van der Waals surface area contributed by atoms with Gasteiger partial charge in [-0.05, 0) is 13.8 Å². The van der Waals surface area contributed by atoms with Crippen molar-refractivity contribution < 1.29 is 26.7 Å². The molecule has 0 aromatic carbocycles. The minimum Gasteiger partial charge on any atom is -0.421 e. The highest BCUT2D eigenvalue weighted by atomic mass is 32.2. The second-order valence-corrected chi connectivity index (χ2v) is 8.71. The zero-order chi connectivity index (χ0) is 16.7. The number of rotatable bonds is 4. The Bertz CT molecular complexity index is 522. The Morgan fingerprint density at radius 3 is 2.14 bits per heavy atom. The van der Waals surface area contributed by atoms with Crippen LogP contribution >= 0.6 is 0 Å². The van der Waals surface area contributed by atoms with Crippen LogP contribution in [0.15, 0.2) is 5.10 Å².